The average Bonchev–Trinajstić information content (AvgIpc) is 3.22. The number of carbonyl (C=O) groups excluding carboxylic acids is 1. The second-order valence-corrected chi connectivity index (χ2v) is 6.84. The molecule has 0 bridgehead atoms. The van der Waals surface area contributed by atoms with Gasteiger partial charge in [-0.1, -0.05) is 0 Å². The van der Waals surface area contributed by atoms with Crippen LogP contribution in [0.3, 0.4) is 0 Å². The number of fused-ring (bicyclic) bond motifs is 1. The Bertz CT molecular complexity index is 927. The smallest absolute Gasteiger partial charge is 0.259 e. The third kappa shape index (κ3) is 2.69. The fourth-order valence-electron chi connectivity index (χ4n) is 3.74. The quantitative estimate of drug-likeness (QED) is 0.778. The number of piperidine rings is 1. The van der Waals surface area contributed by atoms with Crippen LogP contribution in [0.15, 0.2) is 18.3 Å². The number of carbonyl (C=O) groups is 1. The molecule has 4 heterocycles. The molecule has 1 saturated heterocycles. The lowest BCUT2D eigenvalue weighted by molar-refractivity contribution is 0.0707. The highest BCUT2D eigenvalue weighted by Crippen LogP contribution is 2.27. The van der Waals surface area contributed by atoms with Crippen molar-refractivity contribution in [1.29, 1.82) is 0 Å². The first kappa shape index (κ1) is 15.8. The molecule has 0 saturated carbocycles. The number of aromatic amines is 1. The van der Waals surface area contributed by atoms with Gasteiger partial charge in [-0.2, -0.15) is 10.2 Å². The van der Waals surface area contributed by atoms with Crippen molar-refractivity contribution in [2.45, 2.75) is 39.5 Å². The Balaban J connectivity index is 1.69. The summed E-state index contributed by atoms with van der Waals surface area (Å²) in [6, 6.07) is 3.97. The molecule has 1 fully saturated rings. The number of likely N-dealkylation sites (tertiary alicyclic amines) is 1. The minimum Gasteiger partial charge on any atom is -0.338 e. The molecule has 0 spiro atoms. The minimum atomic E-state index is 0.0224. The molecule has 0 aromatic carbocycles. The molecule has 1 N–H and O–H groups in total. The number of hydrogen-bond acceptors (Lipinski definition) is 4. The van der Waals surface area contributed by atoms with Crippen LogP contribution in [0.5, 0.6) is 0 Å². The van der Waals surface area contributed by atoms with Crippen molar-refractivity contribution in [3.63, 3.8) is 0 Å². The standard InChI is InChI=1S/C18H22N6O/c1-11-9-12(2)24-17(20-11)16(13(3)22-24)18(25)23-8-4-5-14(10-23)15-6-7-19-21-15/h6-7,9,14H,4-5,8,10H2,1-3H3,(H,19,21). The maximum Gasteiger partial charge on any atom is 0.259 e. The summed E-state index contributed by atoms with van der Waals surface area (Å²) >= 11 is 0. The van der Waals surface area contributed by atoms with Gasteiger partial charge in [0.15, 0.2) is 5.65 Å². The van der Waals surface area contributed by atoms with Crippen LogP contribution < -0.4 is 0 Å². The molecule has 130 valence electrons. The Kier molecular flexibility index (Phi) is 3.78. The van der Waals surface area contributed by atoms with Gasteiger partial charge in [0.25, 0.3) is 5.91 Å². The lowest BCUT2D eigenvalue weighted by atomic mass is 9.94. The molecule has 7 nitrogen and oxygen atoms in total. The van der Waals surface area contributed by atoms with Crippen LogP contribution in [-0.4, -0.2) is 48.7 Å². The van der Waals surface area contributed by atoms with Crippen LogP contribution in [0.2, 0.25) is 0 Å². The lowest BCUT2D eigenvalue weighted by Crippen LogP contribution is -2.39. The monoisotopic (exact) mass is 338 g/mol. The number of aryl methyl sites for hydroxylation is 3. The number of nitrogens with zero attached hydrogens (tertiary/aromatic N) is 5. The summed E-state index contributed by atoms with van der Waals surface area (Å²) in [5.74, 6) is 0.327. The predicted molar refractivity (Wildman–Crippen MR) is 93.7 cm³/mol. The second-order valence-electron chi connectivity index (χ2n) is 6.84. The Labute approximate surface area is 146 Å². The first-order valence-electron chi connectivity index (χ1n) is 8.66. The van der Waals surface area contributed by atoms with Gasteiger partial charge in [0.2, 0.25) is 0 Å². The molecule has 1 aliphatic rings. The molecule has 7 heteroatoms. The highest BCUT2D eigenvalue weighted by molar-refractivity contribution is 6.01. The van der Waals surface area contributed by atoms with E-state index >= 15 is 0 Å². The molecule has 4 rings (SSSR count). The minimum absolute atomic E-state index is 0.0224. The van der Waals surface area contributed by atoms with Gasteiger partial charge in [0.05, 0.1) is 5.69 Å². The number of aromatic nitrogens is 5. The van der Waals surface area contributed by atoms with E-state index in [1.165, 1.54) is 0 Å². The molecule has 3 aromatic rings. The fourth-order valence-corrected chi connectivity index (χ4v) is 3.74. The lowest BCUT2D eigenvalue weighted by Gasteiger charge is -2.32. The van der Waals surface area contributed by atoms with Gasteiger partial charge in [-0.3, -0.25) is 9.89 Å². The molecule has 3 aromatic heterocycles. The van der Waals surface area contributed by atoms with Gasteiger partial charge in [0.1, 0.15) is 5.56 Å². The van der Waals surface area contributed by atoms with E-state index in [9.17, 15) is 4.79 Å². The van der Waals surface area contributed by atoms with Crippen LogP contribution in [0.1, 0.15) is 51.9 Å². The maximum atomic E-state index is 13.2. The van der Waals surface area contributed by atoms with Gasteiger partial charge < -0.3 is 4.90 Å². The molecule has 1 atom stereocenters. The van der Waals surface area contributed by atoms with Crippen molar-refractivity contribution in [3.8, 4) is 0 Å². The van der Waals surface area contributed by atoms with Gasteiger partial charge in [-0.15, -0.1) is 0 Å². The largest absolute Gasteiger partial charge is 0.338 e. The van der Waals surface area contributed by atoms with Crippen LogP contribution >= 0.6 is 0 Å². The van der Waals surface area contributed by atoms with Gasteiger partial charge >= 0.3 is 0 Å². The Morgan fingerprint density at radius 1 is 1.32 bits per heavy atom. The SMILES string of the molecule is Cc1cc(C)n2nc(C)c(C(=O)N3CCCC(c4ccn[nH]4)C3)c2n1. The van der Waals surface area contributed by atoms with E-state index in [2.05, 4.69) is 20.3 Å². The molecule has 1 amide bonds. The zero-order valence-electron chi connectivity index (χ0n) is 14.8. The molecule has 1 unspecified atom stereocenters. The number of nitrogens with one attached hydrogen (secondary N) is 1. The van der Waals surface area contributed by atoms with Crippen LogP contribution in [0.25, 0.3) is 5.65 Å². The summed E-state index contributed by atoms with van der Waals surface area (Å²) in [6.45, 7) is 7.27. The van der Waals surface area contributed by atoms with Crippen LogP contribution in [0, 0.1) is 20.8 Å². The van der Waals surface area contributed by atoms with Crippen molar-refractivity contribution >= 4 is 11.6 Å². The highest BCUT2D eigenvalue weighted by atomic mass is 16.2. The summed E-state index contributed by atoms with van der Waals surface area (Å²) in [4.78, 5) is 19.7. The molecule has 0 radical (unpaired) electrons. The predicted octanol–water partition coefficient (Wildman–Crippen LogP) is 2.40. The zero-order valence-corrected chi connectivity index (χ0v) is 14.8. The Hall–Kier alpha value is -2.70. The molecule has 0 aliphatic carbocycles. The van der Waals surface area contributed by atoms with E-state index in [1.807, 2.05) is 37.8 Å². The first-order valence-corrected chi connectivity index (χ1v) is 8.66. The number of rotatable bonds is 2. The number of hydrogen-bond donors (Lipinski definition) is 1. The first-order chi connectivity index (χ1) is 12.0. The van der Waals surface area contributed by atoms with Crippen molar-refractivity contribution in [2.75, 3.05) is 13.1 Å². The number of H-pyrrole nitrogens is 1. The summed E-state index contributed by atoms with van der Waals surface area (Å²) in [6.07, 6.45) is 3.82. The second kappa shape index (κ2) is 5.98. The van der Waals surface area contributed by atoms with Crippen molar-refractivity contribution in [3.05, 3.63) is 46.7 Å². The molecule has 25 heavy (non-hydrogen) atoms. The summed E-state index contributed by atoms with van der Waals surface area (Å²) < 4.78 is 1.77. The van der Waals surface area contributed by atoms with E-state index < -0.39 is 0 Å². The maximum absolute atomic E-state index is 13.2. The zero-order chi connectivity index (χ0) is 17.6. The van der Waals surface area contributed by atoms with Crippen LogP contribution in [0.4, 0.5) is 0 Å². The fraction of sp³-hybridized carbons (Fsp3) is 0.444. The van der Waals surface area contributed by atoms with E-state index in [0.29, 0.717) is 23.7 Å². The van der Waals surface area contributed by atoms with Crippen molar-refractivity contribution in [2.24, 2.45) is 0 Å². The normalized spacial score (nSPS) is 18.0. The van der Waals surface area contributed by atoms with E-state index in [4.69, 9.17) is 0 Å². The van der Waals surface area contributed by atoms with E-state index in [0.717, 1.165) is 42.2 Å². The Morgan fingerprint density at radius 3 is 2.92 bits per heavy atom. The van der Waals surface area contributed by atoms with E-state index in [1.54, 1.807) is 10.7 Å². The van der Waals surface area contributed by atoms with Crippen LogP contribution in [-0.2, 0) is 0 Å². The van der Waals surface area contributed by atoms with Crippen molar-refractivity contribution < 1.29 is 4.79 Å². The van der Waals surface area contributed by atoms with Gasteiger partial charge in [-0.25, -0.2) is 9.50 Å². The molecule has 1 aliphatic heterocycles. The Morgan fingerprint density at radius 2 is 2.16 bits per heavy atom. The van der Waals surface area contributed by atoms with Crippen molar-refractivity contribution in [1.82, 2.24) is 29.7 Å². The summed E-state index contributed by atoms with van der Waals surface area (Å²) in [7, 11) is 0. The topological polar surface area (TPSA) is 79.2 Å². The third-order valence-electron chi connectivity index (χ3n) is 4.95. The molecular weight excluding hydrogens is 316 g/mol. The average molecular weight is 338 g/mol. The van der Waals surface area contributed by atoms with Gasteiger partial charge in [0, 0.05) is 42.3 Å². The molecular formula is C18H22N6O. The number of amides is 1. The van der Waals surface area contributed by atoms with E-state index in [-0.39, 0.29) is 5.91 Å². The summed E-state index contributed by atoms with van der Waals surface area (Å²) in [5.41, 5.74) is 4.99. The third-order valence-corrected chi connectivity index (χ3v) is 4.95. The highest BCUT2D eigenvalue weighted by Gasteiger charge is 2.29. The summed E-state index contributed by atoms with van der Waals surface area (Å²) in [5, 5.41) is 11.6. The van der Waals surface area contributed by atoms with Gasteiger partial charge in [-0.05, 0) is 45.7 Å².